The van der Waals surface area contributed by atoms with E-state index in [1.807, 2.05) is 0 Å². The summed E-state index contributed by atoms with van der Waals surface area (Å²) in [6.45, 7) is 4.47. The molecule has 1 saturated heterocycles. The van der Waals surface area contributed by atoms with E-state index < -0.39 is 0 Å². The molecule has 2 rings (SSSR count). The molecule has 1 aliphatic heterocycles. The lowest BCUT2D eigenvalue weighted by Gasteiger charge is -2.26. The Labute approximate surface area is 90.2 Å². The summed E-state index contributed by atoms with van der Waals surface area (Å²) in [5.41, 5.74) is 0.306. The Morgan fingerprint density at radius 3 is 2.60 bits per heavy atom. The van der Waals surface area contributed by atoms with Gasteiger partial charge in [-0.3, -0.25) is 9.59 Å². The molecule has 0 radical (unpaired) electrons. The second kappa shape index (κ2) is 3.62. The minimum Gasteiger partial charge on any atom is -0.393 e. The van der Waals surface area contributed by atoms with Gasteiger partial charge in [-0.25, -0.2) is 0 Å². The van der Waals surface area contributed by atoms with E-state index in [1.54, 1.807) is 0 Å². The second-order valence-corrected chi connectivity index (χ2v) is 5.61. The largest absolute Gasteiger partial charge is 0.393 e. The van der Waals surface area contributed by atoms with Gasteiger partial charge in [0.15, 0.2) is 0 Å². The van der Waals surface area contributed by atoms with Crippen LogP contribution in [0.3, 0.4) is 0 Å². The summed E-state index contributed by atoms with van der Waals surface area (Å²) >= 11 is 0. The fourth-order valence-corrected chi connectivity index (χ4v) is 2.68. The van der Waals surface area contributed by atoms with Gasteiger partial charge >= 0.3 is 11.9 Å². The Balaban J connectivity index is 2.13. The van der Waals surface area contributed by atoms with Crippen molar-refractivity contribution in [1.82, 2.24) is 0 Å². The summed E-state index contributed by atoms with van der Waals surface area (Å²) in [4.78, 5) is 22.7. The third-order valence-corrected chi connectivity index (χ3v) is 3.84. The van der Waals surface area contributed by atoms with Crippen LogP contribution in [-0.2, 0) is 14.3 Å². The number of fused-ring (bicyclic) bond motifs is 1. The summed E-state index contributed by atoms with van der Waals surface area (Å²) < 4.78 is 4.70. The van der Waals surface area contributed by atoms with Crippen molar-refractivity contribution in [3.63, 3.8) is 0 Å². The first-order valence-electron chi connectivity index (χ1n) is 5.72. The molecule has 0 spiro atoms. The molecular weight excluding hydrogens is 192 g/mol. The van der Waals surface area contributed by atoms with Gasteiger partial charge < -0.3 is 4.74 Å². The molecular formula is C12H18O3. The maximum Gasteiger partial charge on any atom is 0.316 e. The van der Waals surface area contributed by atoms with Crippen molar-refractivity contribution in [2.24, 2.45) is 17.3 Å². The van der Waals surface area contributed by atoms with E-state index in [9.17, 15) is 9.59 Å². The predicted octanol–water partition coefficient (Wildman–Crippen LogP) is 2.29. The Kier molecular flexibility index (Phi) is 2.57. The number of hydrogen-bond donors (Lipinski definition) is 0. The number of carbonyl (C=O) groups is 2. The topological polar surface area (TPSA) is 43.4 Å². The molecule has 1 heterocycles. The fourth-order valence-electron chi connectivity index (χ4n) is 2.68. The van der Waals surface area contributed by atoms with Crippen LogP contribution in [0.15, 0.2) is 0 Å². The first-order chi connectivity index (χ1) is 6.98. The molecule has 0 aromatic rings. The van der Waals surface area contributed by atoms with Crippen LogP contribution < -0.4 is 0 Å². The number of hydrogen-bond acceptors (Lipinski definition) is 3. The van der Waals surface area contributed by atoms with Gasteiger partial charge in [-0.1, -0.05) is 13.8 Å². The van der Waals surface area contributed by atoms with Gasteiger partial charge in [0.05, 0.1) is 5.92 Å². The van der Waals surface area contributed by atoms with Crippen molar-refractivity contribution in [2.45, 2.75) is 46.0 Å². The Morgan fingerprint density at radius 1 is 1.20 bits per heavy atom. The summed E-state index contributed by atoms with van der Waals surface area (Å²) in [5.74, 6) is -0.403. The van der Waals surface area contributed by atoms with Crippen molar-refractivity contribution in [3.05, 3.63) is 0 Å². The van der Waals surface area contributed by atoms with Crippen LogP contribution in [-0.4, -0.2) is 11.9 Å². The normalized spacial score (nSPS) is 35.3. The first-order valence-corrected chi connectivity index (χ1v) is 5.72. The molecule has 84 valence electrons. The smallest absolute Gasteiger partial charge is 0.316 e. The average molecular weight is 210 g/mol. The molecule has 1 saturated carbocycles. The molecule has 2 unspecified atom stereocenters. The molecule has 2 aliphatic rings. The van der Waals surface area contributed by atoms with Crippen LogP contribution in [0.1, 0.15) is 46.0 Å². The van der Waals surface area contributed by atoms with Crippen molar-refractivity contribution < 1.29 is 14.3 Å². The van der Waals surface area contributed by atoms with Gasteiger partial charge in [0.2, 0.25) is 0 Å². The average Bonchev–Trinajstić information content (AvgIpc) is 2.26. The molecule has 15 heavy (non-hydrogen) atoms. The van der Waals surface area contributed by atoms with Crippen LogP contribution in [0.25, 0.3) is 0 Å². The van der Waals surface area contributed by atoms with Gasteiger partial charge in [0, 0.05) is 6.42 Å². The highest BCUT2D eigenvalue weighted by Crippen LogP contribution is 2.42. The third-order valence-electron chi connectivity index (χ3n) is 3.84. The summed E-state index contributed by atoms with van der Waals surface area (Å²) in [5, 5.41) is 0. The predicted molar refractivity (Wildman–Crippen MR) is 54.9 cm³/mol. The lowest BCUT2D eigenvalue weighted by Crippen LogP contribution is -2.34. The molecule has 0 aromatic heterocycles. The number of carbonyl (C=O) groups excluding carboxylic acids is 2. The number of ether oxygens (including phenoxy) is 1. The summed E-state index contributed by atoms with van der Waals surface area (Å²) in [6, 6.07) is 0. The van der Waals surface area contributed by atoms with Crippen molar-refractivity contribution in [2.75, 3.05) is 0 Å². The zero-order chi connectivity index (χ0) is 11.1. The highest BCUT2D eigenvalue weighted by Gasteiger charge is 2.41. The Morgan fingerprint density at radius 2 is 1.87 bits per heavy atom. The molecule has 0 aromatic carbocycles. The van der Waals surface area contributed by atoms with Crippen LogP contribution in [0.2, 0.25) is 0 Å². The summed E-state index contributed by atoms with van der Waals surface area (Å²) in [6.07, 6.45) is 4.46. The maximum absolute atomic E-state index is 11.6. The van der Waals surface area contributed by atoms with Crippen LogP contribution in [0, 0.1) is 17.3 Å². The molecule has 2 fully saturated rings. The van der Waals surface area contributed by atoms with Gasteiger partial charge in [0.1, 0.15) is 0 Å². The van der Waals surface area contributed by atoms with Crippen LogP contribution >= 0.6 is 0 Å². The van der Waals surface area contributed by atoms with E-state index >= 15 is 0 Å². The molecule has 0 amide bonds. The Bertz CT molecular complexity index is 293. The third kappa shape index (κ3) is 2.21. The highest BCUT2D eigenvalue weighted by atomic mass is 16.6. The quantitative estimate of drug-likeness (QED) is 0.455. The monoisotopic (exact) mass is 210 g/mol. The van der Waals surface area contributed by atoms with E-state index in [0.29, 0.717) is 11.8 Å². The molecule has 0 bridgehead atoms. The minimum absolute atomic E-state index is 0.0236. The second-order valence-electron chi connectivity index (χ2n) is 5.61. The highest BCUT2D eigenvalue weighted by molar-refractivity contribution is 5.89. The fraction of sp³-hybridized carbons (Fsp3) is 0.833. The molecule has 0 N–H and O–H groups in total. The van der Waals surface area contributed by atoms with Crippen LogP contribution in [0.5, 0.6) is 0 Å². The number of rotatable bonds is 0. The van der Waals surface area contributed by atoms with E-state index in [4.69, 9.17) is 4.74 Å². The minimum atomic E-state index is -0.332. The first kappa shape index (κ1) is 10.7. The van der Waals surface area contributed by atoms with Crippen LogP contribution in [0.4, 0.5) is 0 Å². The summed E-state index contributed by atoms with van der Waals surface area (Å²) in [7, 11) is 0. The Hall–Kier alpha value is -0.860. The van der Waals surface area contributed by atoms with E-state index in [1.165, 1.54) is 0 Å². The zero-order valence-electron chi connectivity index (χ0n) is 9.41. The molecule has 3 nitrogen and oxygen atoms in total. The van der Waals surface area contributed by atoms with Crippen molar-refractivity contribution >= 4 is 11.9 Å². The number of cyclic esters (lactones) is 2. The van der Waals surface area contributed by atoms with E-state index in [0.717, 1.165) is 25.7 Å². The van der Waals surface area contributed by atoms with E-state index in [2.05, 4.69) is 13.8 Å². The van der Waals surface area contributed by atoms with Crippen molar-refractivity contribution in [3.8, 4) is 0 Å². The number of esters is 2. The van der Waals surface area contributed by atoms with Crippen molar-refractivity contribution in [1.29, 1.82) is 0 Å². The van der Waals surface area contributed by atoms with Gasteiger partial charge in [-0.05, 0) is 37.0 Å². The molecule has 1 aliphatic carbocycles. The standard InChI is InChI=1S/C12H18O3/c1-12(2)5-3-8-7-10(13)15-11(14)9(8)4-6-12/h8-9H,3-7H2,1-2H3. The molecule has 2 atom stereocenters. The maximum atomic E-state index is 11.6. The van der Waals surface area contributed by atoms with Gasteiger partial charge in [-0.2, -0.15) is 0 Å². The lowest BCUT2D eigenvalue weighted by atomic mass is 9.84. The van der Waals surface area contributed by atoms with E-state index in [-0.39, 0.29) is 23.8 Å². The van der Waals surface area contributed by atoms with Gasteiger partial charge in [-0.15, -0.1) is 0 Å². The zero-order valence-corrected chi connectivity index (χ0v) is 9.41. The molecule has 3 heteroatoms. The SMILES string of the molecule is CC1(C)CCC2CC(=O)OC(=O)C2CC1. The lowest BCUT2D eigenvalue weighted by molar-refractivity contribution is -0.170. The van der Waals surface area contributed by atoms with Gasteiger partial charge in [0.25, 0.3) is 0 Å².